The van der Waals surface area contributed by atoms with Crippen molar-refractivity contribution in [1.82, 2.24) is 4.90 Å². The van der Waals surface area contributed by atoms with Crippen LogP contribution in [0.25, 0.3) is 10.1 Å². The maximum Gasteiger partial charge on any atom is 0.264 e. The molecule has 2 aromatic carbocycles. The molecule has 0 radical (unpaired) electrons. The number of nitrogens with zero attached hydrogens (tertiary/aromatic N) is 1. The van der Waals surface area contributed by atoms with Crippen LogP contribution in [0.1, 0.15) is 38.4 Å². The van der Waals surface area contributed by atoms with E-state index in [-0.39, 0.29) is 17.8 Å². The van der Waals surface area contributed by atoms with Gasteiger partial charge in [-0.1, -0.05) is 18.2 Å². The zero-order chi connectivity index (χ0) is 18.3. The minimum absolute atomic E-state index is 0.0768. The van der Waals surface area contributed by atoms with E-state index in [9.17, 15) is 14.0 Å². The molecule has 1 aliphatic carbocycles. The van der Waals surface area contributed by atoms with Gasteiger partial charge in [0, 0.05) is 28.2 Å². The van der Waals surface area contributed by atoms with Crippen LogP contribution in [0.5, 0.6) is 0 Å². The number of rotatable bonds is 5. The summed E-state index contributed by atoms with van der Waals surface area (Å²) in [6.07, 6.45) is 1.95. The molecule has 6 heteroatoms. The molecule has 1 aromatic heterocycles. The molecule has 1 saturated carbocycles. The second kappa shape index (κ2) is 6.53. The normalized spacial score (nSPS) is 13.7. The van der Waals surface area contributed by atoms with Gasteiger partial charge in [-0.3, -0.25) is 9.59 Å². The molecule has 0 unspecified atom stereocenters. The van der Waals surface area contributed by atoms with Crippen molar-refractivity contribution in [1.29, 1.82) is 0 Å². The van der Waals surface area contributed by atoms with Crippen molar-refractivity contribution < 1.29 is 14.0 Å². The lowest BCUT2D eigenvalue weighted by Crippen LogP contribution is -2.32. The van der Waals surface area contributed by atoms with E-state index in [0.29, 0.717) is 22.4 Å². The van der Waals surface area contributed by atoms with E-state index >= 15 is 0 Å². The van der Waals surface area contributed by atoms with Crippen molar-refractivity contribution in [3.63, 3.8) is 0 Å². The Labute approximate surface area is 154 Å². The lowest BCUT2D eigenvalue weighted by molar-refractivity contribution is 0.0734. The number of thiophene rings is 1. The Bertz CT molecular complexity index is 993. The van der Waals surface area contributed by atoms with E-state index in [1.807, 2.05) is 23.1 Å². The van der Waals surface area contributed by atoms with Gasteiger partial charge in [-0.05, 0) is 48.7 Å². The van der Waals surface area contributed by atoms with Gasteiger partial charge in [0.15, 0.2) is 0 Å². The Balaban J connectivity index is 1.60. The van der Waals surface area contributed by atoms with Gasteiger partial charge >= 0.3 is 0 Å². The van der Waals surface area contributed by atoms with Gasteiger partial charge in [0.25, 0.3) is 5.91 Å². The minimum atomic E-state index is -0.473. The molecule has 3 aromatic rings. The Morgan fingerprint density at radius 3 is 2.50 bits per heavy atom. The predicted molar refractivity (Wildman–Crippen MR) is 99.6 cm³/mol. The first kappa shape index (κ1) is 16.7. The summed E-state index contributed by atoms with van der Waals surface area (Å²) in [5, 5.41) is 0.488. The van der Waals surface area contributed by atoms with Gasteiger partial charge < -0.3 is 10.6 Å². The largest absolute Gasteiger partial charge is 0.366 e. The van der Waals surface area contributed by atoms with Gasteiger partial charge in [0.1, 0.15) is 5.82 Å². The molecular formula is C20H17FN2O2S. The van der Waals surface area contributed by atoms with Gasteiger partial charge in [-0.25, -0.2) is 4.39 Å². The van der Waals surface area contributed by atoms with E-state index in [1.165, 1.54) is 17.4 Å². The van der Waals surface area contributed by atoms with Crippen LogP contribution in [0.4, 0.5) is 4.39 Å². The van der Waals surface area contributed by atoms with Gasteiger partial charge in [0.2, 0.25) is 5.91 Å². The number of primary amides is 1. The molecule has 0 bridgehead atoms. The fourth-order valence-corrected chi connectivity index (χ4v) is 4.03. The van der Waals surface area contributed by atoms with Crippen LogP contribution in [-0.4, -0.2) is 22.8 Å². The van der Waals surface area contributed by atoms with Crippen molar-refractivity contribution in [3.05, 3.63) is 70.4 Å². The maximum atomic E-state index is 13.9. The summed E-state index contributed by atoms with van der Waals surface area (Å²) in [5.41, 5.74) is 6.64. The van der Waals surface area contributed by atoms with Crippen LogP contribution < -0.4 is 5.73 Å². The number of carbonyl (C=O) groups is 2. The Hall–Kier alpha value is -2.73. The summed E-state index contributed by atoms with van der Waals surface area (Å²) in [6, 6.07) is 13.7. The minimum Gasteiger partial charge on any atom is -0.366 e. The summed E-state index contributed by atoms with van der Waals surface area (Å²) in [4.78, 5) is 26.6. The third-order valence-electron chi connectivity index (χ3n) is 4.56. The standard InChI is InChI=1S/C20H17FN2O2S/c21-16-2-1-3-17-15(16)10-18(26-17)20(25)23(14-8-9-14)11-12-4-6-13(7-5-12)19(22)24/h1-7,10,14H,8-9,11H2,(H2,22,24). The lowest BCUT2D eigenvalue weighted by Gasteiger charge is -2.22. The van der Waals surface area contributed by atoms with Crippen LogP contribution in [0.2, 0.25) is 0 Å². The molecule has 1 aliphatic rings. The lowest BCUT2D eigenvalue weighted by atomic mass is 10.1. The first-order valence-corrected chi connectivity index (χ1v) is 9.22. The molecular weight excluding hydrogens is 351 g/mol. The van der Waals surface area contributed by atoms with Gasteiger partial charge in [0.05, 0.1) is 4.88 Å². The second-order valence-corrected chi connectivity index (χ2v) is 7.57. The highest BCUT2D eigenvalue weighted by Crippen LogP contribution is 2.33. The summed E-state index contributed by atoms with van der Waals surface area (Å²) in [5.74, 6) is -0.858. The van der Waals surface area contributed by atoms with Crippen molar-refractivity contribution in [2.24, 2.45) is 5.73 Å². The number of halogens is 1. The maximum absolute atomic E-state index is 13.9. The third kappa shape index (κ3) is 3.20. The smallest absolute Gasteiger partial charge is 0.264 e. The summed E-state index contributed by atoms with van der Waals surface area (Å²) < 4.78 is 14.7. The number of hydrogen-bond acceptors (Lipinski definition) is 3. The van der Waals surface area contributed by atoms with Crippen molar-refractivity contribution in [3.8, 4) is 0 Å². The first-order chi connectivity index (χ1) is 12.5. The molecule has 4 rings (SSSR count). The molecule has 0 saturated heterocycles. The fourth-order valence-electron chi connectivity index (χ4n) is 3.00. The zero-order valence-electron chi connectivity index (χ0n) is 13.9. The van der Waals surface area contributed by atoms with E-state index in [1.54, 1.807) is 24.3 Å². The predicted octanol–water partition coefficient (Wildman–Crippen LogP) is 3.94. The Morgan fingerprint density at radius 2 is 1.88 bits per heavy atom. The van der Waals surface area contributed by atoms with Crippen LogP contribution in [0, 0.1) is 5.82 Å². The van der Waals surface area contributed by atoms with Crippen LogP contribution in [-0.2, 0) is 6.54 Å². The number of hydrogen-bond donors (Lipinski definition) is 1. The van der Waals surface area contributed by atoms with Crippen molar-refractivity contribution in [2.75, 3.05) is 0 Å². The quantitative estimate of drug-likeness (QED) is 0.741. The van der Waals surface area contributed by atoms with Crippen LogP contribution in [0.3, 0.4) is 0 Å². The number of nitrogens with two attached hydrogens (primary N) is 1. The highest BCUT2D eigenvalue weighted by Gasteiger charge is 2.33. The van der Waals surface area contributed by atoms with E-state index < -0.39 is 5.91 Å². The molecule has 4 nitrogen and oxygen atoms in total. The number of fused-ring (bicyclic) bond motifs is 1. The SMILES string of the molecule is NC(=O)c1ccc(CN(C(=O)c2cc3c(F)cccc3s2)C2CC2)cc1. The van der Waals surface area contributed by atoms with Crippen LogP contribution >= 0.6 is 11.3 Å². The van der Waals surface area contributed by atoms with Gasteiger partial charge in [-0.15, -0.1) is 11.3 Å². The molecule has 0 aliphatic heterocycles. The average Bonchev–Trinajstić information content (AvgIpc) is 3.37. The average molecular weight is 368 g/mol. The molecule has 0 atom stereocenters. The number of amides is 2. The molecule has 1 fully saturated rings. The molecule has 2 N–H and O–H groups in total. The molecule has 0 spiro atoms. The molecule has 26 heavy (non-hydrogen) atoms. The Morgan fingerprint density at radius 1 is 1.15 bits per heavy atom. The highest BCUT2D eigenvalue weighted by molar-refractivity contribution is 7.20. The fraction of sp³-hybridized carbons (Fsp3) is 0.200. The summed E-state index contributed by atoms with van der Waals surface area (Å²) in [6.45, 7) is 0.458. The van der Waals surface area contributed by atoms with E-state index in [0.717, 1.165) is 23.1 Å². The van der Waals surface area contributed by atoms with E-state index in [4.69, 9.17) is 5.73 Å². The topological polar surface area (TPSA) is 63.4 Å². The number of carbonyl (C=O) groups excluding carboxylic acids is 2. The number of benzene rings is 2. The van der Waals surface area contributed by atoms with Gasteiger partial charge in [-0.2, -0.15) is 0 Å². The highest BCUT2D eigenvalue weighted by atomic mass is 32.1. The van der Waals surface area contributed by atoms with Crippen molar-refractivity contribution in [2.45, 2.75) is 25.4 Å². The molecule has 1 heterocycles. The zero-order valence-corrected chi connectivity index (χ0v) is 14.8. The molecule has 2 amide bonds. The van der Waals surface area contributed by atoms with E-state index in [2.05, 4.69) is 0 Å². The van der Waals surface area contributed by atoms with Crippen molar-refractivity contribution >= 4 is 33.2 Å². The molecule has 132 valence electrons. The monoisotopic (exact) mass is 368 g/mol. The third-order valence-corrected chi connectivity index (χ3v) is 5.65. The summed E-state index contributed by atoms with van der Waals surface area (Å²) >= 11 is 1.32. The summed E-state index contributed by atoms with van der Waals surface area (Å²) in [7, 11) is 0. The second-order valence-electron chi connectivity index (χ2n) is 6.49. The van der Waals surface area contributed by atoms with Crippen LogP contribution in [0.15, 0.2) is 48.5 Å². The Kier molecular flexibility index (Phi) is 4.20. The first-order valence-electron chi connectivity index (χ1n) is 8.40.